The normalized spacial score (nSPS) is 20.9. The lowest BCUT2D eigenvalue weighted by Crippen LogP contribution is -2.43. The maximum Gasteiger partial charge on any atom is 0.252 e. The van der Waals surface area contributed by atoms with Crippen LogP contribution in [-0.2, 0) is 25.7 Å². The van der Waals surface area contributed by atoms with Gasteiger partial charge in [-0.25, -0.2) is 16.8 Å². The number of sulfonamides is 1. The molecular weight excluding hydrogens is 318 g/mol. The van der Waals surface area contributed by atoms with Gasteiger partial charge < -0.3 is 0 Å². The molecule has 0 saturated carbocycles. The minimum absolute atomic E-state index is 0.0266. The molecule has 1 saturated heterocycles. The third kappa shape index (κ3) is 2.88. The molecule has 2 heterocycles. The van der Waals surface area contributed by atoms with Crippen LogP contribution >= 0.6 is 22.9 Å². The topological polar surface area (TPSA) is 71.5 Å². The van der Waals surface area contributed by atoms with Gasteiger partial charge in [0, 0.05) is 18.0 Å². The van der Waals surface area contributed by atoms with Crippen molar-refractivity contribution < 1.29 is 16.8 Å². The van der Waals surface area contributed by atoms with E-state index >= 15 is 0 Å². The lowest BCUT2D eigenvalue weighted by atomic mass is 10.5. The molecule has 102 valence electrons. The number of thiophene rings is 1. The Kier molecular flexibility index (Phi) is 4.03. The van der Waals surface area contributed by atoms with Crippen LogP contribution in [0.25, 0.3) is 0 Å². The first-order valence-electron chi connectivity index (χ1n) is 5.20. The molecule has 0 aliphatic carbocycles. The second-order valence-corrected chi connectivity index (χ2v) is 9.81. The van der Waals surface area contributed by atoms with Crippen molar-refractivity contribution in [2.24, 2.45) is 0 Å². The molecule has 9 heteroatoms. The summed E-state index contributed by atoms with van der Waals surface area (Å²) in [5.41, 5.74) is 0. The van der Waals surface area contributed by atoms with Crippen LogP contribution in [0.5, 0.6) is 0 Å². The number of hydrogen-bond donors (Lipinski definition) is 0. The highest BCUT2D eigenvalue weighted by atomic mass is 35.5. The van der Waals surface area contributed by atoms with E-state index in [9.17, 15) is 16.8 Å². The average Bonchev–Trinajstić information content (AvgIpc) is 2.77. The average molecular weight is 330 g/mol. The van der Waals surface area contributed by atoms with Crippen molar-refractivity contribution in [2.75, 3.05) is 24.6 Å². The lowest BCUT2D eigenvalue weighted by Gasteiger charge is -2.25. The molecule has 1 aliphatic heterocycles. The van der Waals surface area contributed by atoms with Crippen molar-refractivity contribution in [1.29, 1.82) is 0 Å². The van der Waals surface area contributed by atoms with E-state index in [0.29, 0.717) is 0 Å². The van der Waals surface area contributed by atoms with E-state index < -0.39 is 19.9 Å². The molecule has 0 atom stereocenters. The first-order chi connectivity index (χ1) is 8.35. The summed E-state index contributed by atoms with van der Waals surface area (Å²) in [5, 5.41) is 0. The summed E-state index contributed by atoms with van der Waals surface area (Å²) >= 11 is 6.76. The highest BCUT2D eigenvalue weighted by Gasteiger charge is 2.31. The predicted molar refractivity (Wildman–Crippen MR) is 71.3 cm³/mol. The molecule has 0 bridgehead atoms. The van der Waals surface area contributed by atoms with Crippen LogP contribution in [0.2, 0.25) is 0 Å². The molecule has 0 aromatic carbocycles. The van der Waals surface area contributed by atoms with Gasteiger partial charge in [0.2, 0.25) is 0 Å². The quantitative estimate of drug-likeness (QED) is 0.773. The van der Waals surface area contributed by atoms with E-state index in [1.54, 1.807) is 6.07 Å². The highest BCUT2D eigenvalue weighted by molar-refractivity contribution is 7.92. The van der Waals surface area contributed by atoms with Crippen LogP contribution in [0.4, 0.5) is 0 Å². The van der Waals surface area contributed by atoms with Gasteiger partial charge in [-0.3, -0.25) is 0 Å². The first kappa shape index (κ1) is 14.3. The molecule has 5 nitrogen and oxygen atoms in total. The second kappa shape index (κ2) is 5.09. The van der Waals surface area contributed by atoms with Crippen LogP contribution in [-0.4, -0.2) is 45.7 Å². The molecule has 1 aliphatic rings. The van der Waals surface area contributed by atoms with Gasteiger partial charge in [-0.2, -0.15) is 4.31 Å². The summed E-state index contributed by atoms with van der Waals surface area (Å²) in [6, 6.07) is 3.19. The molecule has 1 aromatic rings. The molecule has 0 amide bonds. The highest BCUT2D eigenvalue weighted by Crippen LogP contribution is 2.26. The van der Waals surface area contributed by atoms with Gasteiger partial charge in [-0.15, -0.1) is 22.9 Å². The number of halogens is 1. The molecule has 1 aromatic heterocycles. The van der Waals surface area contributed by atoms with Crippen molar-refractivity contribution in [3.05, 3.63) is 17.0 Å². The second-order valence-electron chi connectivity index (χ2n) is 3.91. The van der Waals surface area contributed by atoms with E-state index in [1.807, 2.05) is 0 Å². The summed E-state index contributed by atoms with van der Waals surface area (Å²) in [4.78, 5) is 0.778. The first-order valence-corrected chi connectivity index (χ1v) is 9.82. The van der Waals surface area contributed by atoms with Crippen molar-refractivity contribution in [3.63, 3.8) is 0 Å². The zero-order valence-electron chi connectivity index (χ0n) is 9.37. The van der Waals surface area contributed by atoms with E-state index in [4.69, 9.17) is 11.6 Å². The molecule has 18 heavy (non-hydrogen) atoms. The Labute approximate surface area is 115 Å². The Balaban J connectivity index is 2.22. The van der Waals surface area contributed by atoms with Gasteiger partial charge in [0.05, 0.1) is 17.4 Å². The van der Waals surface area contributed by atoms with Gasteiger partial charge in [-0.05, 0) is 12.1 Å². The molecule has 1 fully saturated rings. The molecule has 2 rings (SSSR count). The number of nitrogens with zero attached hydrogens (tertiary/aromatic N) is 1. The minimum Gasteiger partial charge on any atom is -0.229 e. The third-order valence-corrected chi connectivity index (χ3v) is 8.17. The SMILES string of the molecule is O=S1(=O)CCN(S(=O)(=O)c2ccc(CCl)s2)CC1. The Hall–Kier alpha value is -0.150. The van der Waals surface area contributed by atoms with Crippen molar-refractivity contribution in [1.82, 2.24) is 4.31 Å². The van der Waals surface area contributed by atoms with Gasteiger partial charge >= 0.3 is 0 Å². The largest absolute Gasteiger partial charge is 0.252 e. The molecular formula is C9H12ClNO4S3. The molecule has 0 spiro atoms. The van der Waals surface area contributed by atoms with Gasteiger partial charge in [0.1, 0.15) is 4.21 Å². The molecule has 0 N–H and O–H groups in total. The Morgan fingerprint density at radius 1 is 1.28 bits per heavy atom. The number of rotatable bonds is 3. The maximum absolute atomic E-state index is 12.2. The smallest absolute Gasteiger partial charge is 0.229 e. The van der Waals surface area contributed by atoms with Gasteiger partial charge in [0.15, 0.2) is 9.84 Å². The summed E-state index contributed by atoms with van der Waals surface area (Å²) in [6.07, 6.45) is 0. The van der Waals surface area contributed by atoms with Crippen LogP contribution in [0, 0.1) is 0 Å². The van der Waals surface area contributed by atoms with Crippen LogP contribution in [0.15, 0.2) is 16.3 Å². The molecule has 0 unspecified atom stereocenters. The summed E-state index contributed by atoms with van der Waals surface area (Å²) in [5.74, 6) is 0.0501. The van der Waals surface area contributed by atoms with Gasteiger partial charge in [0.25, 0.3) is 10.0 Å². The summed E-state index contributed by atoms with van der Waals surface area (Å²) in [6.45, 7) is 0.0531. The van der Waals surface area contributed by atoms with Crippen LogP contribution < -0.4 is 0 Å². The van der Waals surface area contributed by atoms with Crippen LogP contribution in [0.3, 0.4) is 0 Å². The zero-order chi connectivity index (χ0) is 13.4. The standard InChI is InChI=1S/C9H12ClNO4S3/c10-7-8-1-2-9(16-8)18(14,15)11-3-5-17(12,13)6-4-11/h1-2H,3-7H2. The fraction of sp³-hybridized carbons (Fsp3) is 0.556. The van der Waals surface area contributed by atoms with Crippen molar-refractivity contribution in [3.8, 4) is 0 Å². The monoisotopic (exact) mass is 329 g/mol. The van der Waals surface area contributed by atoms with Gasteiger partial charge in [-0.1, -0.05) is 0 Å². The fourth-order valence-electron chi connectivity index (χ4n) is 1.63. The van der Waals surface area contributed by atoms with E-state index in [0.717, 1.165) is 16.2 Å². The third-order valence-electron chi connectivity index (χ3n) is 2.67. The number of alkyl halides is 1. The maximum atomic E-state index is 12.2. The van der Waals surface area contributed by atoms with E-state index in [2.05, 4.69) is 0 Å². The minimum atomic E-state index is -3.57. The summed E-state index contributed by atoms with van der Waals surface area (Å²) in [7, 11) is -6.65. The van der Waals surface area contributed by atoms with E-state index in [-0.39, 0.29) is 34.7 Å². The Bertz CT molecular complexity index is 621. The lowest BCUT2D eigenvalue weighted by molar-refractivity contribution is 0.432. The Morgan fingerprint density at radius 3 is 2.39 bits per heavy atom. The van der Waals surface area contributed by atoms with Crippen molar-refractivity contribution >= 4 is 42.8 Å². The van der Waals surface area contributed by atoms with Crippen LogP contribution in [0.1, 0.15) is 4.88 Å². The zero-order valence-corrected chi connectivity index (χ0v) is 12.6. The van der Waals surface area contributed by atoms with Crippen molar-refractivity contribution in [2.45, 2.75) is 10.1 Å². The van der Waals surface area contributed by atoms with E-state index in [1.165, 1.54) is 10.4 Å². The number of hydrogen-bond acceptors (Lipinski definition) is 5. The molecule has 0 radical (unpaired) electrons. The fourth-order valence-corrected chi connectivity index (χ4v) is 6.12. The number of sulfone groups is 1. The summed E-state index contributed by atoms with van der Waals surface area (Å²) < 4.78 is 48.4. The predicted octanol–water partition coefficient (Wildman–Crippen LogP) is 0.906. The Morgan fingerprint density at radius 2 is 1.89 bits per heavy atom.